The van der Waals surface area contributed by atoms with E-state index in [-0.39, 0.29) is 36.1 Å². The molecule has 1 aliphatic heterocycles. The second-order valence-corrected chi connectivity index (χ2v) is 9.62. The van der Waals surface area contributed by atoms with Gasteiger partial charge < -0.3 is 19.9 Å². The Labute approximate surface area is 210 Å². The van der Waals surface area contributed by atoms with Crippen LogP contribution in [0.4, 0.5) is 13.2 Å². The fourth-order valence-corrected chi connectivity index (χ4v) is 4.57. The van der Waals surface area contributed by atoms with Crippen LogP contribution in [-0.4, -0.2) is 45.5 Å². The van der Waals surface area contributed by atoms with Gasteiger partial charge >= 0.3 is 0 Å². The number of aromatic nitrogens is 2. The van der Waals surface area contributed by atoms with Gasteiger partial charge in [-0.3, -0.25) is 4.79 Å². The van der Waals surface area contributed by atoms with E-state index >= 15 is 4.39 Å². The number of carbonyl (C=O) groups is 1. The van der Waals surface area contributed by atoms with E-state index in [1.807, 2.05) is 37.6 Å². The van der Waals surface area contributed by atoms with Crippen molar-refractivity contribution in [1.82, 2.24) is 14.5 Å². The molecule has 1 atom stereocenters. The molecule has 1 saturated heterocycles. The molecule has 9 heteroatoms. The minimum atomic E-state index is -2.83. The van der Waals surface area contributed by atoms with Gasteiger partial charge in [0.25, 0.3) is 11.8 Å². The van der Waals surface area contributed by atoms with E-state index in [1.54, 1.807) is 26.8 Å². The Hall–Kier alpha value is -3.23. The minimum Gasteiger partial charge on any atom is -0.490 e. The second kappa shape index (κ2) is 10.4. The fraction of sp³-hybridized carbons (Fsp3) is 0.481. The van der Waals surface area contributed by atoms with Gasteiger partial charge in [0, 0.05) is 43.6 Å². The maximum absolute atomic E-state index is 15.6. The molecule has 2 heterocycles. The average Bonchev–Trinajstić information content (AvgIpc) is 3.11. The van der Waals surface area contributed by atoms with Crippen molar-refractivity contribution >= 4 is 17.8 Å². The van der Waals surface area contributed by atoms with Crippen molar-refractivity contribution in [2.24, 2.45) is 5.73 Å². The molecule has 0 saturated carbocycles. The van der Waals surface area contributed by atoms with Gasteiger partial charge in [-0.25, -0.2) is 18.2 Å². The normalized spacial score (nSPS) is 16.6. The second-order valence-electron chi connectivity index (χ2n) is 9.62. The van der Waals surface area contributed by atoms with E-state index in [0.29, 0.717) is 28.5 Å². The highest BCUT2D eigenvalue weighted by atomic mass is 19.3. The number of carbonyl (C=O) groups excluding carboxylic acids is 1. The standard InChI is InChI=1S/C27H35F3N4O2/c1-8-11-34-23(18(6)31)19(7)32-25(34)17(5)20-14-16(4)22(28)21(24(20)36-15(2)3)26(35)33-12-9-27(29,30)10-13-33/h8,11,14-15,17H,6,9-10,12-13,31H2,1-5,7H3/b11-8-. The molecule has 6 nitrogen and oxygen atoms in total. The first-order valence-corrected chi connectivity index (χ1v) is 12.1. The van der Waals surface area contributed by atoms with Crippen molar-refractivity contribution in [2.45, 2.75) is 72.3 Å². The van der Waals surface area contributed by atoms with E-state index in [1.165, 1.54) is 4.90 Å². The molecule has 1 amide bonds. The molecule has 196 valence electrons. The first-order chi connectivity index (χ1) is 16.8. The summed E-state index contributed by atoms with van der Waals surface area (Å²) in [6, 6.07) is 1.65. The maximum atomic E-state index is 15.6. The number of imidazole rings is 1. The molecule has 1 aliphatic rings. The molecule has 1 unspecified atom stereocenters. The highest BCUT2D eigenvalue weighted by molar-refractivity contribution is 5.98. The van der Waals surface area contributed by atoms with Crippen LogP contribution in [-0.2, 0) is 0 Å². The number of benzene rings is 1. The number of likely N-dealkylation sites (tertiary alicyclic amines) is 1. The lowest BCUT2D eigenvalue weighted by atomic mass is 9.92. The Morgan fingerprint density at radius 3 is 2.39 bits per heavy atom. The molecule has 2 N–H and O–H groups in total. The lowest BCUT2D eigenvalue weighted by molar-refractivity contribution is -0.0495. The first-order valence-electron chi connectivity index (χ1n) is 12.1. The number of aryl methyl sites for hydroxylation is 2. The van der Waals surface area contributed by atoms with Crippen molar-refractivity contribution < 1.29 is 22.7 Å². The zero-order valence-corrected chi connectivity index (χ0v) is 21.8. The van der Waals surface area contributed by atoms with Gasteiger partial charge in [0.15, 0.2) is 0 Å². The number of hydrogen-bond donors (Lipinski definition) is 1. The molecule has 36 heavy (non-hydrogen) atoms. The SMILES string of the molecule is C=C(N)c1c(C)nc(C(C)c2cc(C)c(F)c(C(=O)N3CCC(F)(F)CC3)c2OC(C)C)n1/C=C\C. The molecular formula is C27H35F3N4O2. The Kier molecular flexibility index (Phi) is 7.91. The topological polar surface area (TPSA) is 73.4 Å². The van der Waals surface area contributed by atoms with Crippen LogP contribution in [0.3, 0.4) is 0 Å². The lowest BCUT2D eigenvalue weighted by Gasteiger charge is -2.33. The van der Waals surface area contributed by atoms with E-state index in [4.69, 9.17) is 15.5 Å². The van der Waals surface area contributed by atoms with Gasteiger partial charge in [0.05, 0.1) is 23.2 Å². The first kappa shape index (κ1) is 27.4. The molecule has 3 rings (SSSR count). The summed E-state index contributed by atoms with van der Waals surface area (Å²) >= 11 is 0. The molecule has 0 spiro atoms. The van der Waals surface area contributed by atoms with Crippen LogP contribution in [0.5, 0.6) is 5.75 Å². The number of allylic oxidation sites excluding steroid dienone is 1. The van der Waals surface area contributed by atoms with Gasteiger partial charge in [0.1, 0.15) is 23.0 Å². The van der Waals surface area contributed by atoms with Crippen LogP contribution < -0.4 is 10.5 Å². The number of alkyl halides is 2. The average molecular weight is 505 g/mol. The largest absolute Gasteiger partial charge is 0.490 e. The maximum Gasteiger partial charge on any atom is 0.260 e. The van der Waals surface area contributed by atoms with Crippen molar-refractivity contribution in [3.8, 4) is 5.75 Å². The lowest BCUT2D eigenvalue weighted by Crippen LogP contribution is -2.43. The number of nitrogens with zero attached hydrogens (tertiary/aromatic N) is 3. The molecule has 1 aromatic heterocycles. The van der Waals surface area contributed by atoms with Crippen molar-refractivity contribution in [3.63, 3.8) is 0 Å². The van der Waals surface area contributed by atoms with Crippen LogP contribution in [0.15, 0.2) is 18.7 Å². The highest BCUT2D eigenvalue weighted by Crippen LogP contribution is 2.40. The molecule has 1 aromatic carbocycles. The van der Waals surface area contributed by atoms with Crippen molar-refractivity contribution in [3.05, 3.63) is 58.4 Å². The van der Waals surface area contributed by atoms with Crippen molar-refractivity contribution in [2.75, 3.05) is 13.1 Å². The van der Waals surface area contributed by atoms with Crippen molar-refractivity contribution in [1.29, 1.82) is 0 Å². The molecule has 0 bridgehead atoms. The molecular weight excluding hydrogens is 469 g/mol. The summed E-state index contributed by atoms with van der Waals surface area (Å²) in [5.41, 5.74) is 8.31. The summed E-state index contributed by atoms with van der Waals surface area (Å²) in [6.45, 7) is 14.3. The fourth-order valence-electron chi connectivity index (χ4n) is 4.57. The van der Waals surface area contributed by atoms with Gasteiger partial charge in [-0.05, 0) is 46.2 Å². The summed E-state index contributed by atoms with van der Waals surface area (Å²) in [7, 11) is 0. The molecule has 0 radical (unpaired) electrons. The highest BCUT2D eigenvalue weighted by Gasteiger charge is 2.38. The third kappa shape index (κ3) is 5.29. The van der Waals surface area contributed by atoms with Crippen LogP contribution in [0.2, 0.25) is 0 Å². The molecule has 2 aromatic rings. The molecule has 0 aliphatic carbocycles. The number of ether oxygens (including phenoxy) is 1. The predicted molar refractivity (Wildman–Crippen MR) is 136 cm³/mol. The van der Waals surface area contributed by atoms with Gasteiger partial charge in [-0.15, -0.1) is 0 Å². The Morgan fingerprint density at radius 1 is 1.25 bits per heavy atom. The summed E-state index contributed by atoms with van der Waals surface area (Å²) < 4.78 is 50.9. The number of amides is 1. The quantitative estimate of drug-likeness (QED) is 0.512. The van der Waals surface area contributed by atoms with Crippen LogP contribution >= 0.6 is 0 Å². The summed E-state index contributed by atoms with van der Waals surface area (Å²) in [6.07, 6.45) is 2.38. The summed E-state index contributed by atoms with van der Waals surface area (Å²) in [4.78, 5) is 19.5. The van der Waals surface area contributed by atoms with E-state index in [9.17, 15) is 13.6 Å². The number of piperidine rings is 1. The van der Waals surface area contributed by atoms with Gasteiger partial charge in [-0.1, -0.05) is 19.6 Å². The predicted octanol–water partition coefficient (Wildman–Crippen LogP) is 5.87. The number of hydrogen-bond acceptors (Lipinski definition) is 4. The zero-order valence-electron chi connectivity index (χ0n) is 21.8. The van der Waals surface area contributed by atoms with Gasteiger partial charge in [0.2, 0.25) is 0 Å². The zero-order chi connectivity index (χ0) is 26.9. The van der Waals surface area contributed by atoms with Gasteiger partial charge in [-0.2, -0.15) is 0 Å². The monoisotopic (exact) mass is 504 g/mol. The number of nitrogens with two attached hydrogens (primary N) is 1. The Morgan fingerprint density at radius 2 is 1.86 bits per heavy atom. The van der Waals surface area contributed by atoms with Crippen LogP contribution in [0.25, 0.3) is 11.9 Å². The third-order valence-corrected chi connectivity index (χ3v) is 6.35. The van der Waals surface area contributed by atoms with E-state index in [2.05, 4.69) is 6.58 Å². The van der Waals surface area contributed by atoms with Crippen LogP contribution in [0, 0.1) is 19.7 Å². The van der Waals surface area contributed by atoms with Crippen LogP contribution in [0.1, 0.15) is 85.2 Å². The van der Waals surface area contributed by atoms with E-state index < -0.39 is 36.4 Å². The minimum absolute atomic E-state index is 0.101. The summed E-state index contributed by atoms with van der Waals surface area (Å²) in [5.74, 6) is -3.91. The Bertz CT molecular complexity index is 1190. The Balaban J connectivity index is 2.20. The number of halogens is 3. The summed E-state index contributed by atoms with van der Waals surface area (Å²) in [5, 5.41) is 0. The number of rotatable bonds is 7. The molecule has 1 fully saturated rings. The van der Waals surface area contributed by atoms with E-state index in [0.717, 1.165) is 0 Å². The third-order valence-electron chi connectivity index (χ3n) is 6.35. The smallest absolute Gasteiger partial charge is 0.260 e.